The maximum Gasteiger partial charge on any atom is 0.434 e. The van der Waals surface area contributed by atoms with Crippen LogP contribution in [0.15, 0.2) is 24.9 Å². The van der Waals surface area contributed by atoms with Gasteiger partial charge < -0.3 is 9.30 Å². The van der Waals surface area contributed by atoms with E-state index >= 15 is 0 Å². The van der Waals surface area contributed by atoms with Crippen LogP contribution in [0.1, 0.15) is 94.4 Å². The summed E-state index contributed by atoms with van der Waals surface area (Å²) in [5.74, 6) is 1.97. The minimum absolute atomic E-state index is 0.0145. The van der Waals surface area contributed by atoms with Crippen molar-refractivity contribution in [3.63, 3.8) is 0 Å². The highest BCUT2D eigenvalue weighted by molar-refractivity contribution is 5.77. The van der Waals surface area contributed by atoms with Crippen LogP contribution < -0.4 is 4.74 Å². The summed E-state index contributed by atoms with van der Waals surface area (Å²) in [4.78, 5) is 22.6. The maximum absolute atomic E-state index is 13.6. The molecule has 12 heteroatoms. The molecule has 4 aromatic rings. The Kier molecular flexibility index (Phi) is 5.92. The molecule has 41 heavy (non-hydrogen) atoms. The zero-order chi connectivity index (χ0) is 28.6. The van der Waals surface area contributed by atoms with E-state index in [4.69, 9.17) is 14.8 Å². The van der Waals surface area contributed by atoms with Gasteiger partial charge in [-0.15, -0.1) is 0 Å². The van der Waals surface area contributed by atoms with Crippen molar-refractivity contribution in [3.05, 3.63) is 42.1 Å². The Balaban J connectivity index is 1.18. The molecule has 0 atom stereocenters. The first-order chi connectivity index (χ1) is 19.6. The predicted molar refractivity (Wildman–Crippen MR) is 144 cm³/mol. The third-order valence-corrected chi connectivity index (χ3v) is 9.54. The zero-order valence-corrected chi connectivity index (χ0v) is 23.4. The van der Waals surface area contributed by atoms with Gasteiger partial charge >= 0.3 is 6.18 Å². The van der Waals surface area contributed by atoms with Gasteiger partial charge in [-0.1, -0.05) is 0 Å². The molecule has 8 rings (SSSR count). The first kappa shape index (κ1) is 26.3. The van der Waals surface area contributed by atoms with E-state index < -0.39 is 11.9 Å². The van der Waals surface area contributed by atoms with Gasteiger partial charge in [-0.05, 0) is 70.6 Å². The highest BCUT2D eigenvalue weighted by atomic mass is 19.4. The molecule has 0 amide bonds. The van der Waals surface area contributed by atoms with E-state index in [1.54, 1.807) is 24.1 Å². The van der Waals surface area contributed by atoms with Crippen LogP contribution in [0.25, 0.3) is 22.4 Å². The first-order valence-corrected chi connectivity index (χ1v) is 14.4. The minimum Gasteiger partial charge on any atom is -0.480 e. The number of hydrogen-bond acceptors (Lipinski definition) is 7. The van der Waals surface area contributed by atoms with Gasteiger partial charge in [0.05, 0.1) is 24.4 Å². The molecule has 9 nitrogen and oxygen atoms in total. The van der Waals surface area contributed by atoms with E-state index in [-0.39, 0.29) is 16.9 Å². The molecule has 4 saturated carbocycles. The Morgan fingerprint density at radius 2 is 1.73 bits per heavy atom. The monoisotopic (exact) mass is 566 g/mol. The molecule has 4 aromatic heterocycles. The summed E-state index contributed by atoms with van der Waals surface area (Å²) in [7, 11) is 1.59. The van der Waals surface area contributed by atoms with Gasteiger partial charge in [-0.2, -0.15) is 18.3 Å². The molecule has 0 N–H and O–H groups in total. The normalized spacial score (nSPS) is 24.5. The standard InChI is InChI=1S/C29H33F3N8O/c1-17(2)39-14-20(29(30,31)32)37-26(39)28-9-6-27(7-10-28,8-11-28)15-40-24-19(13-36-40)12-33-23(38-24)21-22(18-4-5-18)34-16-35-25(21)41-3/h12-14,16-18H,4-11,15H2,1-3H3. The number of rotatable bonds is 7. The summed E-state index contributed by atoms with van der Waals surface area (Å²) >= 11 is 0. The Labute approximate surface area is 235 Å². The predicted octanol–water partition coefficient (Wildman–Crippen LogP) is 6.26. The largest absolute Gasteiger partial charge is 0.480 e. The lowest BCUT2D eigenvalue weighted by Crippen LogP contribution is -2.47. The highest BCUT2D eigenvalue weighted by Gasteiger charge is 2.52. The Morgan fingerprint density at radius 3 is 2.37 bits per heavy atom. The molecule has 0 spiro atoms. The number of imidazole rings is 1. The number of hydrogen-bond donors (Lipinski definition) is 0. The number of ether oxygens (including phenoxy) is 1. The molecule has 4 aliphatic carbocycles. The number of halogens is 3. The van der Waals surface area contributed by atoms with Gasteiger partial charge in [0.15, 0.2) is 17.2 Å². The fourth-order valence-electron chi connectivity index (χ4n) is 6.99. The van der Waals surface area contributed by atoms with Crippen molar-refractivity contribution >= 4 is 11.0 Å². The van der Waals surface area contributed by atoms with E-state index in [0.717, 1.165) is 73.7 Å². The molecule has 4 fully saturated rings. The molecule has 0 aliphatic heterocycles. The Morgan fingerprint density at radius 1 is 1.00 bits per heavy atom. The third kappa shape index (κ3) is 4.37. The van der Waals surface area contributed by atoms with Crippen molar-refractivity contribution in [1.82, 2.24) is 39.3 Å². The molecule has 0 radical (unpaired) electrons. The summed E-state index contributed by atoms with van der Waals surface area (Å²) < 4.78 is 50.0. The van der Waals surface area contributed by atoms with Gasteiger partial charge in [0.2, 0.25) is 5.88 Å². The third-order valence-electron chi connectivity index (χ3n) is 9.54. The number of fused-ring (bicyclic) bond motifs is 4. The van der Waals surface area contributed by atoms with Crippen molar-refractivity contribution in [3.8, 4) is 17.3 Å². The average molecular weight is 567 g/mol. The van der Waals surface area contributed by atoms with Crippen LogP contribution in [-0.4, -0.2) is 46.4 Å². The molecule has 4 heterocycles. The van der Waals surface area contributed by atoms with Crippen LogP contribution >= 0.6 is 0 Å². The second-order valence-corrected chi connectivity index (χ2v) is 12.4. The van der Waals surface area contributed by atoms with Crippen LogP contribution in [0.3, 0.4) is 0 Å². The number of alkyl halides is 3. The molecule has 0 aromatic carbocycles. The SMILES string of the molecule is COc1ncnc(C2CC2)c1-c1ncc2cnn(CC34CCC(c5nc(C(F)(F)F)cn5C(C)C)(CC3)CC4)c2n1. The van der Waals surface area contributed by atoms with Crippen molar-refractivity contribution < 1.29 is 17.9 Å². The molecular weight excluding hydrogens is 533 g/mol. The van der Waals surface area contributed by atoms with Gasteiger partial charge in [0.25, 0.3) is 0 Å². The average Bonchev–Trinajstić information content (AvgIpc) is 3.58. The van der Waals surface area contributed by atoms with Crippen LogP contribution in [0.5, 0.6) is 5.88 Å². The molecule has 4 aliphatic rings. The van der Waals surface area contributed by atoms with Crippen molar-refractivity contribution in [1.29, 1.82) is 0 Å². The number of methoxy groups -OCH3 is 1. The van der Waals surface area contributed by atoms with E-state index in [2.05, 4.69) is 19.9 Å². The van der Waals surface area contributed by atoms with Crippen molar-refractivity contribution in [2.24, 2.45) is 5.41 Å². The Hall–Kier alpha value is -3.57. The summed E-state index contributed by atoms with van der Waals surface area (Å²) in [6, 6.07) is -0.0880. The van der Waals surface area contributed by atoms with E-state index in [9.17, 15) is 13.2 Å². The van der Waals surface area contributed by atoms with Gasteiger partial charge in [-0.3, -0.25) is 0 Å². The maximum atomic E-state index is 13.6. The molecule has 0 saturated heterocycles. The second-order valence-electron chi connectivity index (χ2n) is 12.4. The fraction of sp³-hybridized carbons (Fsp3) is 0.586. The quantitative estimate of drug-likeness (QED) is 0.261. The molecular formula is C29H33F3N8O. The van der Waals surface area contributed by atoms with Crippen LogP contribution in [0.2, 0.25) is 0 Å². The smallest absolute Gasteiger partial charge is 0.434 e. The van der Waals surface area contributed by atoms with E-state index in [1.165, 1.54) is 12.5 Å². The van der Waals surface area contributed by atoms with Gasteiger partial charge in [0.1, 0.15) is 17.7 Å². The van der Waals surface area contributed by atoms with E-state index in [1.807, 2.05) is 18.5 Å². The lowest BCUT2D eigenvalue weighted by molar-refractivity contribution is -0.141. The molecule has 216 valence electrons. The zero-order valence-electron chi connectivity index (χ0n) is 23.4. The minimum atomic E-state index is -4.45. The van der Waals surface area contributed by atoms with Crippen molar-refractivity contribution in [2.75, 3.05) is 7.11 Å². The summed E-state index contributed by atoms with van der Waals surface area (Å²) in [5.41, 5.74) is 1.32. The first-order valence-electron chi connectivity index (χ1n) is 14.4. The lowest BCUT2D eigenvalue weighted by Gasteiger charge is -2.53. The topological polar surface area (TPSA) is 96.4 Å². The lowest BCUT2D eigenvalue weighted by atomic mass is 9.53. The number of nitrogens with zero attached hydrogens (tertiary/aromatic N) is 8. The fourth-order valence-corrected chi connectivity index (χ4v) is 6.99. The Bertz CT molecular complexity index is 1600. The van der Waals surface area contributed by atoms with Crippen LogP contribution in [0, 0.1) is 5.41 Å². The second kappa shape index (κ2) is 9.22. The summed E-state index contributed by atoms with van der Waals surface area (Å²) in [6.45, 7) is 4.54. The summed E-state index contributed by atoms with van der Waals surface area (Å²) in [5, 5.41) is 5.56. The summed E-state index contributed by atoms with van der Waals surface area (Å²) in [6.07, 6.45) is 9.18. The van der Waals surface area contributed by atoms with Gasteiger partial charge in [0, 0.05) is 36.3 Å². The molecule has 0 unspecified atom stereocenters. The molecule has 2 bridgehead atoms. The van der Waals surface area contributed by atoms with Crippen LogP contribution in [-0.2, 0) is 18.1 Å². The van der Waals surface area contributed by atoms with Gasteiger partial charge in [-0.25, -0.2) is 29.6 Å². The van der Waals surface area contributed by atoms with E-state index in [0.29, 0.717) is 30.0 Å². The number of aromatic nitrogens is 8. The van der Waals surface area contributed by atoms with Crippen LogP contribution in [0.4, 0.5) is 13.2 Å². The highest BCUT2D eigenvalue weighted by Crippen LogP contribution is 2.58. The van der Waals surface area contributed by atoms with Crippen molar-refractivity contribution in [2.45, 2.75) is 95.3 Å².